The lowest BCUT2D eigenvalue weighted by atomic mass is 9.96. The van der Waals surface area contributed by atoms with E-state index in [0.29, 0.717) is 40.4 Å². The van der Waals surface area contributed by atoms with Gasteiger partial charge in [0.25, 0.3) is 5.91 Å². The molecule has 0 saturated carbocycles. The lowest BCUT2D eigenvalue weighted by Gasteiger charge is -2.34. The molecule has 2 aromatic carbocycles. The molecule has 2 unspecified atom stereocenters. The molecule has 1 aromatic heterocycles. The van der Waals surface area contributed by atoms with Gasteiger partial charge in [-0.25, -0.2) is 4.68 Å². The van der Waals surface area contributed by atoms with Crippen molar-refractivity contribution in [1.29, 1.82) is 0 Å². The van der Waals surface area contributed by atoms with E-state index in [9.17, 15) is 18.0 Å². The maximum atomic E-state index is 14.2. The number of rotatable bonds is 5. The van der Waals surface area contributed by atoms with Crippen LogP contribution in [0.25, 0.3) is 11.3 Å². The molecule has 39 heavy (non-hydrogen) atoms. The fraction of sp³-hybridized carbons (Fsp3) is 0.407. The van der Waals surface area contributed by atoms with E-state index < -0.39 is 18.3 Å². The van der Waals surface area contributed by atoms with Gasteiger partial charge in [0.15, 0.2) is 17.5 Å². The third-order valence-corrected chi connectivity index (χ3v) is 7.19. The summed E-state index contributed by atoms with van der Waals surface area (Å²) in [4.78, 5) is 14.8. The van der Waals surface area contributed by atoms with Crippen molar-refractivity contribution in [3.8, 4) is 22.8 Å². The van der Waals surface area contributed by atoms with Gasteiger partial charge in [-0.2, -0.15) is 18.3 Å². The first-order valence-corrected chi connectivity index (χ1v) is 12.5. The zero-order chi connectivity index (χ0) is 27.0. The number of hydrogen-bond acceptors (Lipinski definition) is 6. The molecular weight excluding hydrogens is 535 g/mol. The molecule has 0 bridgehead atoms. The maximum Gasteiger partial charge on any atom is 0.410 e. The Labute approximate surface area is 230 Å². The predicted octanol–water partition coefficient (Wildman–Crippen LogP) is 5.08. The maximum absolute atomic E-state index is 14.2. The Hall–Kier alpha value is -3.44. The lowest BCUT2D eigenvalue weighted by Crippen LogP contribution is -2.52. The van der Waals surface area contributed by atoms with Crippen LogP contribution in [-0.4, -0.2) is 66.7 Å². The number of halogens is 4. The number of methoxy groups -OCH3 is 2. The molecule has 3 heterocycles. The normalized spacial score (nSPS) is 20.9. The summed E-state index contributed by atoms with van der Waals surface area (Å²) in [5.41, 5.74) is 2.20. The van der Waals surface area contributed by atoms with E-state index in [2.05, 4.69) is 15.7 Å². The van der Waals surface area contributed by atoms with Crippen molar-refractivity contribution in [2.24, 2.45) is 0 Å². The molecule has 2 aliphatic heterocycles. The van der Waals surface area contributed by atoms with Gasteiger partial charge in [0.1, 0.15) is 5.82 Å². The van der Waals surface area contributed by atoms with Crippen molar-refractivity contribution < 1.29 is 27.4 Å². The zero-order valence-corrected chi connectivity index (χ0v) is 22.6. The highest BCUT2D eigenvalue weighted by molar-refractivity contribution is 5.95. The van der Waals surface area contributed by atoms with Crippen molar-refractivity contribution in [1.82, 2.24) is 20.0 Å². The average Bonchev–Trinajstić information content (AvgIpc) is 3.35. The Balaban J connectivity index is 0.00000353. The number of ether oxygens (including phenoxy) is 2. The van der Waals surface area contributed by atoms with Gasteiger partial charge < -0.3 is 25.0 Å². The Kier molecular flexibility index (Phi) is 8.31. The minimum absolute atomic E-state index is 0. The fourth-order valence-corrected chi connectivity index (χ4v) is 5.09. The number of alkyl halides is 3. The van der Waals surface area contributed by atoms with Crippen LogP contribution in [0, 0.1) is 0 Å². The Morgan fingerprint density at radius 2 is 1.77 bits per heavy atom. The molecule has 12 heteroatoms. The van der Waals surface area contributed by atoms with Crippen molar-refractivity contribution in [2.45, 2.75) is 37.6 Å². The van der Waals surface area contributed by atoms with Gasteiger partial charge in [-0.05, 0) is 36.8 Å². The molecule has 3 atom stereocenters. The number of fused-ring (bicyclic) bond motifs is 1. The largest absolute Gasteiger partial charge is 0.493 e. The Morgan fingerprint density at radius 1 is 1.05 bits per heavy atom. The SMILES string of the molecule is COc1ccc(C2CC(C(F)(F)F)n3nc(-c4ccc(C(=O)N5CCNC[C@@H]5C)cc4)cc3N2)cc1OC.Cl. The van der Waals surface area contributed by atoms with Gasteiger partial charge in [-0.1, -0.05) is 18.2 Å². The molecule has 3 aromatic rings. The number of benzene rings is 2. The van der Waals surface area contributed by atoms with Gasteiger partial charge in [0.2, 0.25) is 0 Å². The third kappa shape index (κ3) is 5.65. The summed E-state index contributed by atoms with van der Waals surface area (Å²) in [7, 11) is 2.99. The summed E-state index contributed by atoms with van der Waals surface area (Å²) >= 11 is 0. The minimum Gasteiger partial charge on any atom is -0.493 e. The molecule has 5 rings (SSSR count). The zero-order valence-electron chi connectivity index (χ0n) is 21.8. The molecule has 2 N–H and O–H groups in total. The molecule has 1 saturated heterocycles. The Bertz CT molecular complexity index is 1310. The van der Waals surface area contributed by atoms with Crippen molar-refractivity contribution >= 4 is 24.1 Å². The lowest BCUT2D eigenvalue weighted by molar-refractivity contribution is -0.173. The van der Waals surface area contributed by atoms with Gasteiger partial charge in [-0.3, -0.25) is 4.79 Å². The number of carbonyl (C=O) groups is 1. The minimum atomic E-state index is -4.49. The highest BCUT2D eigenvalue weighted by Gasteiger charge is 2.46. The smallest absolute Gasteiger partial charge is 0.410 e. The molecule has 1 fully saturated rings. The number of anilines is 1. The summed E-state index contributed by atoms with van der Waals surface area (Å²) in [5, 5.41) is 10.8. The second-order valence-corrected chi connectivity index (χ2v) is 9.59. The molecule has 0 radical (unpaired) electrons. The van der Waals surface area contributed by atoms with E-state index in [4.69, 9.17) is 9.47 Å². The highest BCUT2D eigenvalue weighted by atomic mass is 35.5. The van der Waals surface area contributed by atoms with Crippen LogP contribution in [0.5, 0.6) is 11.5 Å². The number of amides is 1. The number of nitrogens with zero attached hydrogens (tertiary/aromatic N) is 3. The third-order valence-electron chi connectivity index (χ3n) is 7.19. The van der Waals surface area contributed by atoms with E-state index in [1.165, 1.54) is 14.2 Å². The summed E-state index contributed by atoms with van der Waals surface area (Å²) in [6.45, 7) is 4.10. The summed E-state index contributed by atoms with van der Waals surface area (Å²) < 4.78 is 54.1. The highest BCUT2D eigenvalue weighted by Crippen LogP contribution is 2.45. The number of carbonyl (C=O) groups excluding carboxylic acids is 1. The van der Waals surface area contributed by atoms with Gasteiger partial charge in [0.05, 0.1) is 26.0 Å². The first kappa shape index (κ1) is 28.6. The van der Waals surface area contributed by atoms with Crippen LogP contribution >= 0.6 is 12.4 Å². The van der Waals surface area contributed by atoms with Gasteiger partial charge in [-0.15, -0.1) is 12.4 Å². The second kappa shape index (κ2) is 11.4. The molecule has 0 aliphatic carbocycles. The quantitative estimate of drug-likeness (QED) is 0.449. The fourth-order valence-electron chi connectivity index (χ4n) is 5.09. The number of aromatic nitrogens is 2. The van der Waals surface area contributed by atoms with Crippen LogP contribution in [0.15, 0.2) is 48.5 Å². The molecule has 8 nitrogen and oxygen atoms in total. The Morgan fingerprint density at radius 3 is 2.41 bits per heavy atom. The topological polar surface area (TPSA) is 80.7 Å². The number of nitrogens with one attached hydrogen (secondary N) is 2. The second-order valence-electron chi connectivity index (χ2n) is 9.59. The van der Waals surface area contributed by atoms with Gasteiger partial charge >= 0.3 is 6.18 Å². The van der Waals surface area contributed by atoms with Crippen LogP contribution < -0.4 is 20.1 Å². The van der Waals surface area contributed by atoms with E-state index in [0.717, 1.165) is 17.8 Å². The van der Waals surface area contributed by atoms with Crippen LogP contribution in [-0.2, 0) is 0 Å². The first-order chi connectivity index (χ1) is 18.2. The molecular formula is C27H31ClF3N5O3. The van der Waals surface area contributed by atoms with E-state index in [1.807, 2.05) is 11.8 Å². The predicted molar refractivity (Wildman–Crippen MR) is 144 cm³/mol. The number of hydrogen-bond donors (Lipinski definition) is 2. The molecule has 2 aliphatic rings. The van der Waals surface area contributed by atoms with Crippen molar-refractivity contribution in [2.75, 3.05) is 39.2 Å². The van der Waals surface area contributed by atoms with E-state index in [-0.39, 0.29) is 36.6 Å². The monoisotopic (exact) mass is 565 g/mol. The molecule has 1 amide bonds. The summed E-state index contributed by atoms with van der Waals surface area (Å²) in [6.07, 6.45) is -4.73. The van der Waals surface area contributed by atoms with Crippen LogP contribution in [0.4, 0.5) is 19.0 Å². The number of piperazine rings is 1. The summed E-state index contributed by atoms with van der Waals surface area (Å²) in [5.74, 6) is 1.15. The molecule has 210 valence electrons. The standard InChI is InChI=1S/C27H30F3N5O3.ClH/c1-16-15-31-10-11-34(16)26(36)18-6-4-17(5-7-18)21-14-25-32-20(13-24(27(28,29)30)35(25)33-21)19-8-9-22(37-2)23(12-19)38-3;/h4-9,12,14,16,20,24,31-32H,10-11,13,15H2,1-3H3;1H/t16-,20?,24?;/m0./s1. The van der Waals surface area contributed by atoms with E-state index in [1.54, 1.807) is 48.5 Å². The summed E-state index contributed by atoms with van der Waals surface area (Å²) in [6, 6.07) is 11.2. The van der Waals surface area contributed by atoms with Crippen molar-refractivity contribution in [3.63, 3.8) is 0 Å². The van der Waals surface area contributed by atoms with Gasteiger partial charge in [0, 0.05) is 49.3 Å². The van der Waals surface area contributed by atoms with Crippen molar-refractivity contribution in [3.05, 3.63) is 59.7 Å². The van der Waals surface area contributed by atoms with Crippen LogP contribution in [0.1, 0.15) is 41.3 Å². The molecule has 0 spiro atoms. The van der Waals surface area contributed by atoms with E-state index >= 15 is 0 Å². The average molecular weight is 566 g/mol. The van der Waals surface area contributed by atoms with Crippen LogP contribution in [0.3, 0.4) is 0 Å². The van der Waals surface area contributed by atoms with Crippen LogP contribution in [0.2, 0.25) is 0 Å². The first-order valence-electron chi connectivity index (χ1n) is 12.5.